The fourth-order valence-corrected chi connectivity index (χ4v) is 3.94. The Morgan fingerprint density at radius 2 is 1.92 bits per heavy atom. The molecule has 0 saturated carbocycles. The Labute approximate surface area is 142 Å². The van der Waals surface area contributed by atoms with Crippen molar-refractivity contribution in [2.24, 2.45) is 0 Å². The third kappa shape index (κ3) is 5.84. The van der Waals surface area contributed by atoms with Crippen molar-refractivity contribution in [1.82, 2.24) is 14.7 Å². The summed E-state index contributed by atoms with van der Waals surface area (Å²) in [6.45, 7) is 2.99. The molecule has 0 aliphatic carbocycles. The van der Waals surface area contributed by atoms with Gasteiger partial charge in [-0.1, -0.05) is 30.3 Å². The van der Waals surface area contributed by atoms with E-state index < -0.39 is 22.5 Å². The lowest BCUT2D eigenvalue weighted by Crippen LogP contribution is -2.46. The van der Waals surface area contributed by atoms with E-state index in [0.717, 1.165) is 17.4 Å². The number of carbonyl (C=O) groups is 1. The second-order valence-electron chi connectivity index (χ2n) is 5.56. The Hall–Kier alpha value is -1.52. The maximum absolute atomic E-state index is 12.6. The number of rotatable bonds is 8. The Balaban J connectivity index is 2.03. The maximum atomic E-state index is 12.6. The van der Waals surface area contributed by atoms with Crippen LogP contribution in [-0.4, -0.2) is 74.7 Å². The van der Waals surface area contributed by atoms with Crippen molar-refractivity contribution in [3.8, 4) is 0 Å². The maximum Gasteiger partial charge on any atom is 0.258 e. The zero-order valence-corrected chi connectivity index (χ0v) is 14.2. The highest BCUT2D eigenvalue weighted by molar-refractivity contribution is 7.88. The van der Waals surface area contributed by atoms with Crippen molar-refractivity contribution in [2.45, 2.75) is 5.75 Å². The van der Waals surface area contributed by atoms with Gasteiger partial charge in [0.15, 0.2) is 0 Å². The summed E-state index contributed by atoms with van der Waals surface area (Å²) in [5, 5.41) is 8.71. The number of morpholine rings is 1. The van der Waals surface area contributed by atoms with Gasteiger partial charge < -0.3 is 4.74 Å². The standard InChI is InChI=1S/C15H23N3O5S/c19-15(16-20)12-18(7-6-17-8-10-23-11-9-17)24(21,22)13-14-4-2-1-3-5-14/h1-5,20H,6-13H2,(H,16,19). The van der Waals surface area contributed by atoms with Crippen molar-refractivity contribution < 1.29 is 23.2 Å². The second-order valence-corrected chi connectivity index (χ2v) is 7.53. The molecular weight excluding hydrogens is 334 g/mol. The quantitative estimate of drug-likeness (QED) is 0.488. The van der Waals surface area contributed by atoms with Crippen molar-refractivity contribution in [2.75, 3.05) is 45.9 Å². The van der Waals surface area contributed by atoms with Crippen molar-refractivity contribution >= 4 is 15.9 Å². The molecular formula is C15H23N3O5S. The van der Waals surface area contributed by atoms with E-state index in [1.165, 1.54) is 5.48 Å². The Morgan fingerprint density at radius 3 is 2.54 bits per heavy atom. The number of benzene rings is 1. The number of carbonyl (C=O) groups excluding carboxylic acids is 1. The highest BCUT2D eigenvalue weighted by Crippen LogP contribution is 2.11. The zero-order valence-electron chi connectivity index (χ0n) is 13.4. The van der Waals surface area contributed by atoms with E-state index in [0.29, 0.717) is 25.3 Å². The van der Waals surface area contributed by atoms with Crippen LogP contribution in [0.2, 0.25) is 0 Å². The molecule has 134 valence electrons. The SMILES string of the molecule is O=C(CN(CCN1CCOCC1)S(=O)(=O)Cc1ccccc1)NO. The van der Waals surface area contributed by atoms with Gasteiger partial charge in [0, 0.05) is 26.2 Å². The predicted molar refractivity (Wildman–Crippen MR) is 87.8 cm³/mol. The first-order chi connectivity index (χ1) is 11.5. The van der Waals surface area contributed by atoms with Crippen LogP contribution in [0.4, 0.5) is 0 Å². The Bertz CT molecular complexity index is 617. The molecule has 0 bridgehead atoms. The minimum Gasteiger partial charge on any atom is -0.379 e. The molecule has 1 saturated heterocycles. The zero-order chi connectivity index (χ0) is 17.4. The monoisotopic (exact) mass is 357 g/mol. The summed E-state index contributed by atoms with van der Waals surface area (Å²) in [5.41, 5.74) is 2.14. The number of nitrogens with zero attached hydrogens (tertiary/aromatic N) is 2. The van der Waals surface area contributed by atoms with Crippen LogP contribution in [0.3, 0.4) is 0 Å². The first-order valence-electron chi connectivity index (χ1n) is 7.76. The minimum atomic E-state index is -3.68. The molecule has 0 aromatic heterocycles. The molecule has 1 fully saturated rings. The van der Waals surface area contributed by atoms with Gasteiger partial charge in [-0.05, 0) is 5.56 Å². The van der Waals surface area contributed by atoms with Gasteiger partial charge in [0.05, 0.1) is 25.5 Å². The number of hydrogen-bond acceptors (Lipinski definition) is 6. The summed E-state index contributed by atoms with van der Waals surface area (Å²) in [6.07, 6.45) is 0. The van der Waals surface area contributed by atoms with Gasteiger partial charge in [-0.3, -0.25) is 14.9 Å². The van der Waals surface area contributed by atoms with Crippen LogP contribution in [0.15, 0.2) is 30.3 Å². The Kier molecular flexibility index (Phi) is 7.13. The van der Waals surface area contributed by atoms with Gasteiger partial charge >= 0.3 is 0 Å². The van der Waals surface area contributed by atoms with E-state index >= 15 is 0 Å². The van der Waals surface area contributed by atoms with E-state index in [1.54, 1.807) is 24.3 Å². The van der Waals surface area contributed by atoms with Crippen molar-refractivity contribution in [3.63, 3.8) is 0 Å². The van der Waals surface area contributed by atoms with Crippen molar-refractivity contribution in [3.05, 3.63) is 35.9 Å². The van der Waals surface area contributed by atoms with Crippen LogP contribution in [-0.2, 0) is 25.3 Å². The van der Waals surface area contributed by atoms with Gasteiger partial charge in [0.25, 0.3) is 5.91 Å². The lowest BCUT2D eigenvalue weighted by molar-refractivity contribution is -0.129. The average Bonchev–Trinajstić information content (AvgIpc) is 2.59. The normalized spacial score (nSPS) is 16.2. The fraction of sp³-hybridized carbons (Fsp3) is 0.533. The van der Waals surface area contributed by atoms with Gasteiger partial charge in [-0.15, -0.1) is 0 Å². The third-order valence-electron chi connectivity index (χ3n) is 3.80. The van der Waals surface area contributed by atoms with Gasteiger partial charge in [-0.25, -0.2) is 13.9 Å². The van der Waals surface area contributed by atoms with Gasteiger partial charge in [-0.2, -0.15) is 4.31 Å². The van der Waals surface area contributed by atoms with Crippen LogP contribution in [0.1, 0.15) is 5.56 Å². The first kappa shape index (κ1) is 18.8. The van der Waals surface area contributed by atoms with Crippen molar-refractivity contribution in [1.29, 1.82) is 0 Å². The molecule has 0 spiro atoms. The molecule has 8 nitrogen and oxygen atoms in total. The number of sulfonamides is 1. The van der Waals surface area contributed by atoms with Crippen LogP contribution in [0.25, 0.3) is 0 Å². The molecule has 2 N–H and O–H groups in total. The highest BCUT2D eigenvalue weighted by atomic mass is 32.2. The number of hydrogen-bond donors (Lipinski definition) is 2. The molecule has 24 heavy (non-hydrogen) atoms. The predicted octanol–water partition coefficient (Wildman–Crippen LogP) is -0.344. The molecule has 2 rings (SSSR count). The molecule has 0 unspecified atom stereocenters. The number of hydroxylamine groups is 1. The van der Waals surface area contributed by atoms with Crippen LogP contribution in [0.5, 0.6) is 0 Å². The molecule has 0 atom stereocenters. The molecule has 0 radical (unpaired) electrons. The summed E-state index contributed by atoms with van der Waals surface area (Å²) in [7, 11) is -3.68. The molecule has 1 aromatic rings. The van der Waals surface area contributed by atoms with E-state index in [-0.39, 0.29) is 12.3 Å². The number of amides is 1. The first-order valence-corrected chi connectivity index (χ1v) is 9.37. The summed E-state index contributed by atoms with van der Waals surface area (Å²) in [4.78, 5) is 13.6. The smallest absolute Gasteiger partial charge is 0.258 e. The molecule has 9 heteroatoms. The lowest BCUT2D eigenvalue weighted by Gasteiger charge is -2.29. The lowest BCUT2D eigenvalue weighted by atomic mass is 10.2. The van der Waals surface area contributed by atoms with Crippen LogP contribution in [0, 0.1) is 0 Å². The summed E-state index contributed by atoms with van der Waals surface area (Å²) in [5.74, 6) is -0.941. The number of ether oxygens (including phenoxy) is 1. The molecule has 1 heterocycles. The Morgan fingerprint density at radius 1 is 1.25 bits per heavy atom. The third-order valence-corrected chi connectivity index (χ3v) is 5.60. The van der Waals surface area contributed by atoms with E-state index in [4.69, 9.17) is 9.94 Å². The number of nitrogens with one attached hydrogen (secondary N) is 1. The molecule has 1 aliphatic rings. The molecule has 1 aliphatic heterocycles. The molecule has 1 aromatic carbocycles. The summed E-state index contributed by atoms with van der Waals surface area (Å²) in [6, 6.07) is 8.80. The average molecular weight is 357 g/mol. The van der Waals surface area contributed by atoms with E-state index in [1.807, 2.05) is 6.07 Å². The topological polar surface area (TPSA) is 99.2 Å². The van der Waals surface area contributed by atoms with Crippen LogP contribution < -0.4 is 5.48 Å². The molecule has 1 amide bonds. The summed E-state index contributed by atoms with van der Waals surface area (Å²) < 4.78 is 31.7. The van der Waals surface area contributed by atoms with E-state index in [9.17, 15) is 13.2 Å². The second kappa shape index (κ2) is 9.09. The highest BCUT2D eigenvalue weighted by Gasteiger charge is 2.25. The fourth-order valence-electron chi connectivity index (χ4n) is 2.47. The van der Waals surface area contributed by atoms with E-state index in [2.05, 4.69) is 4.90 Å². The van der Waals surface area contributed by atoms with Gasteiger partial charge in [0.1, 0.15) is 0 Å². The van der Waals surface area contributed by atoms with Gasteiger partial charge in [0.2, 0.25) is 10.0 Å². The van der Waals surface area contributed by atoms with Crippen LogP contribution >= 0.6 is 0 Å². The summed E-state index contributed by atoms with van der Waals surface area (Å²) >= 11 is 0. The largest absolute Gasteiger partial charge is 0.379 e. The minimum absolute atomic E-state index is 0.183.